The summed E-state index contributed by atoms with van der Waals surface area (Å²) in [4.78, 5) is 16.8. The number of carbonyl (C=O) groups is 1. The minimum atomic E-state index is -0.112. The number of amides is 1. The van der Waals surface area contributed by atoms with Gasteiger partial charge in [0.1, 0.15) is 10.7 Å². The summed E-state index contributed by atoms with van der Waals surface area (Å²) in [6, 6.07) is 0. The molecule has 1 aromatic heterocycles. The van der Waals surface area contributed by atoms with Gasteiger partial charge < -0.3 is 16.4 Å². The predicted octanol–water partition coefficient (Wildman–Crippen LogP) is 2.17. The number of nitrogens with two attached hydrogens (primary N) is 1. The predicted molar refractivity (Wildman–Crippen MR) is 83.1 cm³/mol. The molecule has 7 heteroatoms. The van der Waals surface area contributed by atoms with Gasteiger partial charge in [0, 0.05) is 17.8 Å². The Morgan fingerprint density at radius 3 is 2.84 bits per heavy atom. The van der Waals surface area contributed by atoms with Crippen LogP contribution < -0.4 is 16.4 Å². The van der Waals surface area contributed by atoms with Gasteiger partial charge in [-0.1, -0.05) is 17.8 Å². The highest BCUT2D eigenvalue weighted by Crippen LogP contribution is 2.42. The molecule has 0 bridgehead atoms. The molecule has 1 aliphatic carbocycles. The zero-order chi connectivity index (χ0) is 13.9. The Balaban J connectivity index is 1.96. The third-order valence-corrected chi connectivity index (χ3v) is 5.90. The van der Waals surface area contributed by atoms with Crippen LogP contribution in [0.3, 0.4) is 0 Å². The Bertz CT molecular complexity index is 451. The van der Waals surface area contributed by atoms with Gasteiger partial charge in [-0.3, -0.25) is 4.79 Å². The van der Waals surface area contributed by atoms with E-state index in [1.807, 2.05) is 18.7 Å². The summed E-state index contributed by atoms with van der Waals surface area (Å²) in [6.07, 6.45) is 5.71. The smallest absolute Gasteiger partial charge is 0.265 e. The van der Waals surface area contributed by atoms with Gasteiger partial charge in [0.2, 0.25) is 0 Å². The van der Waals surface area contributed by atoms with Gasteiger partial charge in [-0.05, 0) is 26.0 Å². The van der Waals surface area contributed by atoms with Gasteiger partial charge in [0.25, 0.3) is 5.91 Å². The number of thioether (sulfide) groups is 1. The lowest BCUT2D eigenvalue weighted by Gasteiger charge is -2.40. The van der Waals surface area contributed by atoms with Crippen molar-refractivity contribution in [3.05, 3.63) is 4.88 Å². The fourth-order valence-corrected chi connectivity index (χ4v) is 3.85. The molecule has 2 rings (SSSR count). The molecule has 0 atom stereocenters. The van der Waals surface area contributed by atoms with Crippen molar-refractivity contribution in [3.8, 4) is 0 Å². The highest BCUT2D eigenvalue weighted by atomic mass is 32.2. The molecule has 1 aliphatic rings. The first-order valence-electron chi connectivity index (χ1n) is 6.44. The topological polar surface area (TPSA) is 80.0 Å². The molecule has 1 saturated carbocycles. The van der Waals surface area contributed by atoms with E-state index in [1.54, 1.807) is 0 Å². The van der Waals surface area contributed by atoms with Gasteiger partial charge in [0.15, 0.2) is 5.13 Å². The van der Waals surface area contributed by atoms with E-state index in [-0.39, 0.29) is 10.7 Å². The second kappa shape index (κ2) is 6.00. The molecular formula is C12H20N4OS2. The number of nitrogen functional groups attached to an aromatic ring is 1. The molecule has 0 aromatic carbocycles. The second-order valence-electron chi connectivity index (χ2n) is 4.69. The number of hydrogen-bond acceptors (Lipinski definition) is 6. The van der Waals surface area contributed by atoms with E-state index in [4.69, 9.17) is 5.73 Å². The van der Waals surface area contributed by atoms with E-state index in [9.17, 15) is 4.79 Å². The minimum absolute atomic E-state index is 0.112. The quantitative estimate of drug-likeness (QED) is 0.750. The Morgan fingerprint density at radius 1 is 1.58 bits per heavy atom. The van der Waals surface area contributed by atoms with Gasteiger partial charge in [-0.2, -0.15) is 11.8 Å². The van der Waals surface area contributed by atoms with Crippen molar-refractivity contribution in [2.45, 2.75) is 30.9 Å². The van der Waals surface area contributed by atoms with Gasteiger partial charge in [0.05, 0.1) is 0 Å². The highest BCUT2D eigenvalue weighted by Gasteiger charge is 2.36. The summed E-state index contributed by atoms with van der Waals surface area (Å²) in [7, 11) is 0. The summed E-state index contributed by atoms with van der Waals surface area (Å²) in [6.45, 7) is 3.46. The Hall–Kier alpha value is -0.950. The van der Waals surface area contributed by atoms with Crippen molar-refractivity contribution in [3.63, 3.8) is 0 Å². The molecule has 1 amide bonds. The number of rotatable bonds is 6. The van der Waals surface area contributed by atoms with Crippen molar-refractivity contribution in [2.24, 2.45) is 0 Å². The Morgan fingerprint density at radius 2 is 2.32 bits per heavy atom. The van der Waals surface area contributed by atoms with E-state index in [0.29, 0.717) is 22.4 Å². The zero-order valence-electron chi connectivity index (χ0n) is 11.3. The number of nitrogens with zero attached hydrogens (tertiary/aromatic N) is 1. The van der Waals surface area contributed by atoms with Crippen LogP contribution in [-0.4, -0.2) is 35.0 Å². The first-order valence-corrected chi connectivity index (χ1v) is 8.48. The molecular weight excluding hydrogens is 280 g/mol. The van der Waals surface area contributed by atoms with E-state index in [0.717, 1.165) is 6.54 Å². The normalized spacial score (nSPS) is 16.7. The highest BCUT2D eigenvalue weighted by molar-refractivity contribution is 8.00. The van der Waals surface area contributed by atoms with Crippen molar-refractivity contribution in [1.29, 1.82) is 0 Å². The van der Waals surface area contributed by atoms with Crippen LogP contribution in [0, 0.1) is 0 Å². The van der Waals surface area contributed by atoms with E-state index < -0.39 is 0 Å². The van der Waals surface area contributed by atoms with Crippen LogP contribution >= 0.6 is 23.1 Å². The van der Waals surface area contributed by atoms with Crippen LogP contribution in [0.2, 0.25) is 0 Å². The van der Waals surface area contributed by atoms with Crippen LogP contribution in [0.4, 0.5) is 10.9 Å². The van der Waals surface area contributed by atoms with Gasteiger partial charge in [-0.15, -0.1) is 0 Å². The third kappa shape index (κ3) is 3.14. The lowest BCUT2D eigenvalue weighted by Crippen LogP contribution is -2.45. The van der Waals surface area contributed by atoms with E-state index in [1.165, 1.54) is 30.6 Å². The molecule has 0 aliphatic heterocycles. The molecule has 1 fully saturated rings. The molecule has 1 heterocycles. The summed E-state index contributed by atoms with van der Waals surface area (Å²) in [5.74, 6) is 0.199. The van der Waals surface area contributed by atoms with Crippen LogP contribution in [0.5, 0.6) is 0 Å². The van der Waals surface area contributed by atoms with Crippen LogP contribution in [0.1, 0.15) is 35.9 Å². The van der Waals surface area contributed by atoms with Crippen molar-refractivity contribution >= 4 is 40.0 Å². The minimum Gasteiger partial charge on any atom is -0.382 e. The molecule has 0 unspecified atom stereocenters. The largest absolute Gasteiger partial charge is 0.382 e. The van der Waals surface area contributed by atoms with Crippen molar-refractivity contribution in [1.82, 2.24) is 10.3 Å². The Labute approximate surface area is 121 Å². The summed E-state index contributed by atoms with van der Waals surface area (Å²) >= 11 is 3.15. The molecule has 0 spiro atoms. The van der Waals surface area contributed by atoms with Crippen molar-refractivity contribution in [2.75, 3.05) is 30.4 Å². The molecule has 1 aromatic rings. The molecule has 19 heavy (non-hydrogen) atoms. The summed E-state index contributed by atoms with van der Waals surface area (Å²) in [5.41, 5.74) is 5.78. The number of anilines is 2. The number of thiazole rings is 1. The van der Waals surface area contributed by atoms with Gasteiger partial charge in [-0.25, -0.2) is 4.98 Å². The van der Waals surface area contributed by atoms with Crippen LogP contribution in [-0.2, 0) is 0 Å². The monoisotopic (exact) mass is 300 g/mol. The molecule has 0 saturated heterocycles. The maximum absolute atomic E-state index is 12.1. The summed E-state index contributed by atoms with van der Waals surface area (Å²) in [5, 5.41) is 6.77. The standard InChI is InChI=1S/C12H20N4OS2/c1-3-14-11-16-9(13)8(19-11)10(17)15-7-12(18-2)5-4-6-12/h3-7,13H2,1-2H3,(H,14,16)(H,15,17). The molecule has 106 valence electrons. The SMILES string of the molecule is CCNc1nc(N)c(C(=O)NCC2(SC)CCC2)s1. The molecule has 5 nitrogen and oxygen atoms in total. The number of carbonyl (C=O) groups excluding carboxylic acids is 1. The lowest BCUT2D eigenvalue weighted by molar-refractivity contribution is 0.0948. The maximum atomic E-state index is 12.1. The number of nitrogens with one attached hydrogen (secondary N) is 2. The lowest BCUT2D eigenvalue weighted by atomic mass is 9.84. The summed E-state index contributed by atoms with van der Waals surface area (Å²) < 4.78 is 0.236. The van der Waals surface area contributed by atoms with E-state index >= 15 is 0 Å². The molecule has 4 N–H and O–H groups in total. The first-order chi connectivity index (χ1) is 9.10. The van der Waals surface area contributed by atoms with Crippen LogP contribution in [0.25, 0.3) is 0 Å². The average molecular weight is 300 g/mol. The van der Waals surface area contributed by atoms with Crippen LogP contribution in [0.15, 0.2) is 0 Å². The maximum Gasteiger partial charge on any atom is 0.265 e. The first kappa shape index (κ1) is 14.5. The van der Waals surface area contributed by atoms with E-state index in [2.05, 4.69) is 21.9 Å². The molecule has 0 radical (unpaired) electrons. The zero-order valence-corrected chi connectivity index (χ0v) is 12.9. The fourth-order valence-electron chi connectivity index (χ4n) is 2.07. The number of aromatic nitrogens is 1. The Kier molecular flexibility index (Phi) is 4.57. The average Bonchev–Trinajstić information content (AvgIpc) is 2.70. The van der Waals surface area contributed by atoms with Crippen molar-refractivity contribution < 1.29 is 4.79 Å². The second-order valence-corrected chi connectivity index (χ2v) is 6.96. The van der Waals surface area contributed by atoms with Gasteiger partial charge >= 0.3 is 0 Å². The number of hydrogen-bond donors (Lipinski definition) is 3. The fraction of sp³-hybridized carbons (Fsp3) is 0.667. The third-order valence-electron chi connectivity index (χ3n) is 3.46.